The van der Waals surface area contributed by atoms with Gasteiger partial charge in [-0.15, -0.1) is 11.8 Å². The second-order valence-electron chi connectivity index (χ2n) is 4.69. The van der Waals surface area contributed by atoms with Crippen LogP contribution in [0.25, 0.3) is 0 Å². The first-order valence-corrected chi connectivity index (χ1v) is 7.94. The van der Waals surface area contributed by atoms with Gasteiger partial charge in [-0.25, -0.2) is 4.98 Å². The van der Waals surface area contributed by atoms with Crippen molar-refractivity contribution in [1.29, 1.82) is 0 Å². The van der Waals surface area contributed by atoms with E-state index in [1.54, 1.807) is 38.1 Å². The summed E-state index contributed by atoms with van der Waals surface area (Å²) in [5, 5.41) is 0. The first kappa shape index (κ1) is 16.4. The molecule has 0 N–H and O–H groups in total. The molecule has 4 nitrogen and oxygen atoms in total. The Labute approximate surface area is 134 Å². The summed E-state index contributed by atoms with van der Waals surface area (Å²) in [5.74, 6) is 1.47. The van der Waals surface area contributed by atoms with E-state index in [4.69, 9.17) is 9.47 Å². The third-order valence-electron chi connectivity index (χ3n) is 3.29. The Balaban J connectivity index is 2.31. The predicted molar refractivity (Wildman–Crippen MR) is 87.6 cm³/mol. The fraction of sp³-hybridized carbons (Fsp3) is 0.312. The van der Waals surface area contributed by atoms with E-state index >= 15 is 0 Å². The molecule has 0 spiro atoms. The van der Waals surface area contributed by atoms with Gasteiger partial charge >= 0.3 is 0 Å². The molecule has 2 aromatic rings. The number of halogens is 1. The average molecular weight is 322 g/mol. The summed E-state index contributed by atoms with van der Waals surface area (Å²) in [5.41, 5.74) is 1.07. The molecule has 0 saturated heterocycles. The molecule has 0 unspecified atom stereocenters. The number of pyridine rings is 1. The van der Waals surface area contributed by atoms with E-state index in [-0.39, 0.29) is 0 Å². The van der Waals surface area contributed by atoms with Crippen molar-refractivity contribution in [2.24, 2.45) is 0 Å². The molecular formula is C16H19FN2O2S. The largest absolute Gasteiger partial charge is 0.493 e. The van der Waals surface area contributed by atoms with Crippen LogP contribution in [0.1, 0.15) is 5.56 Å². The summed E-state index contributed by atoms with van der Waals surface area (Å²) in [7, 11) is 5.10. The maximum atomic E-state index is 13.3. The van der Waals surface area contributed by atoms with E-state index in [0.29, 0.717) is 23.9 Å². The third kappa shape index (κ3) is 3.62. The summed E-state index contributed by atoms with van der Waals surface area (Å²) < 4.78 is 23.9. The predicted octanol–water partition coefficient (Wildman–Crippen LogP) is 3.60. The van der Waals surface area contributed by atoms with Gasteiger partial charge in [-0.2, -0.15) is 4.39 Å². The molecule has 2 rings (SSSR count). The standard InChI is InChI=1S/C16H19FN2O2S/c1-19(16-7-5-6-15(17)18-16)10-11-8-12(20-2)13(21-3)9-14(11)22-4/h5-9H,10H2,1-4H3. The molecule has 0 aliphatic rings. The number of hydrogen-bond donors (Lipinski definition) is 0. The third-order valence-corrected chi connectivity index (χ3v) is 4.11. The number of anilines is 1. The van der Waals surface area contributed by atoms with Crippen LogP contribution in [-0.4, -0.2) is 32.5 Å². The second-order valence-corrected chi connectivity index (χ2v) is 5.54. The van der Waals surface area contributed by atoms with Gasteiger partial charge < -0.3 is 14.4 Å². The number of nitrogens with zero attached hydrogens (tertiary/aromatic N) is 2. The van der Waals surface area contributed by atoms with Crippen molar-refractivity contribution in [2.75, 3.05) is 32.4 Å². The van der Waals surface area contributed by atoms with Gasteiger partial charge in [-0.05, 0) is 36.1 Å². The minimum Gasteiger partial charge on any atom is -0.493 e. The van der Waals surface area contributed by atoms with Gasteiger partial charge in [-0.1, -0.05) is 6.07 Å². The first-order valence-electron chi connectivity index (χ1n) is 6.71. The van der Waals surface area contributed by atoms with Gasteiger partial charge in [0.1, 0.15) is 5.82 Å². The minimum atomic E-state index is -0.484. The lowest BCUT2D eigenvalue weighted by Crippen LogP contribution is -2.18. The fourth-order valence-corrected chi connectivity index (χ4v) is 2.77. The molecule has 22 heavy (non-hydrogen) atoms. The molecule has 0 radical (unpaired) electrons. The average Bonchev–Trinajstić information content (AvgIpc) is 2.54. The molecule has 0 aliphatic heterocycles. The van der Waals surface area contributed by atoms with E-state index in [9.17, 15) is 4.39 Å². The molecule has 118 valence electrons. The molecular weight excluding hydrogens is 303 g/mol. The van der Waals surface area contributed by atoms with Crippen LogP contribution >= 0.6 is 11.8 Å². The van der Waals surface area contributed by atoms with Crippen molar-refractivity contribution in [2.45, 2.75) is 11.4 Å². The molecule has 0 amide bonds. The van der Waals surface area contributed by atoms with Crippen LogP contribution in [0.5, 0.6) is 11.5 Å². The van der Waals surface area contributed by atoms with Crippen LogP contribution in [-0.2, 0) is 6.54 Å². The van der Waals surface area contributed by atoms with Crippen molar-refractivity contribution < 1.29 is 13.9 Å². The van der Waals surface area contributed by atoms with Crippen molar-refractivity contribution in [3.05, 3.63) is 41.8 Å². The van der Waals surface area contributed by atoms with E-state index in [2.05, 4.69) is 4.98 Å². The van der Waals surface area contributed by atoms with Crippen molar-refractivity contribution >= 4 is 17.6 Å². The zero-order valence-corrected chi connectivity index (χ0v) is 13.9. The number of rotatable bonds is 6. The molecule has 0 atom stereocenters. The van der Waals surface area contributed by atoms with Crippen LogP contribution in [0.3, 0.4) is 0 Å². The maximum absolute atomic E-state index is 13.3. The van der Waals surface area contributed by atoms with E-state index in [1.807, 2.05) is 30.3 Å². The summed E-state index contributed by atoms with van der Waals surface area (Å²) in [6, 6.07) is 8.66. The van der Waals surface area contributed by atoms with Crippen LogP contribution in [0, 0.1) is 5.95 Å². The van der Waals surface area contributed by atoms with Gasteiger partial charge in [0.15, 0.2) is 11.5 Å². The number of hydrogen-bond acceptors (Lipinski definition) is 5. The highest BCUT2D eigenvalue weighted by Gasteiger charge is 2.13. The van der Waals surface area contributed by atoms with Crippen LogP contribution in [0.2, 0.25) is 0 Å². The number of ether oxygens (including phenoxy) is 2. The highest BCUT2D eigenvalue weighted by molar-refractivity contribution is 7.98. The quantitative estimate of drug-likeness (QED) is 0.600. The smallest absolute Gasteiger partial charge is 0.214 e. The van der Waals surface area contributed by atoms with Crippen LogP contribution < -0.4 is 14.4 Å². The highest BCUT2D eigenvalue weighted by Crippen LogP contribution is 2.35. The van der Waals surface area contributed by atoms with Gasteiger partial charge in [-0.3, -0.25) is 0 Å². The normalized spacial score (nSPS) is 10.4. The Morgan fingerprint density at radius 1 is 1.18 bits per heavy atom. The molecule has 6 heteroatoms. The lowest BCUT2D eigenvalue weighted by Gasteiger charge is -2.21. The SMILES string of the molecule is COc1cc(CN(C)c2cccc(F)n2)c(SC)cc1OC. The van der Waals surface area contributed by atoms with Gasteiger partial charge in [0, 0.05) is 18.5 Å². The van der Waals surface area contributed by atoms with Gasteiger partial charge in [0.25, 0.3) is 0 Å². The van der Waals surface area contributed by atoms with Crippen LogP contribution in [0.15, 0.2) is 35.2 Å². The Hall–Kier alpha value is -1.95. The number of aromatic nitrogens is 1. The summed E-state index contributed by atoms with van der Waals surface area (Å²) in [6.45, 7) is 0.590. The Morgan fingerprint density at radius 2 is 1.86 bits per heavy atom. The molecule has 0 aliphatic carbocycles. The molecule has 0 saturated carbocycles. The maximum Gasteiger partial charge on any atom is 0.214 e. The molecule has 0 fully saturated rings. The monoisotopic (exact) mass is 322 g/mol. The van der Waals surface area contributed by atoms with E-state index in [0.717, 1.165) is 10.5 Å². The Bertz CT molecular complexity index is 652. The zero-order chi connectivity index (χ0) is 16.1. The number of methoxy groups -OCH3 is 2. The number of thioether (sulfide) groups is 1. The Kier molecular flexibility index (Phi) is 5.49. The zero-order valence-electron chi connectivity index (χ0n) is 13.1. The van der Waals surface area contributed by atoms with Crippen molar-refractivity contribution in [3.8, 4) is 11.5 Å². The Morgan fingerprint density at radius 3 is 2.45 bits per heavy atom. The fourth-order valence-electron chi connectivity index (χ4n) is 2.16. The lowest BCUT2D eigenvalue weighted by atomic mass is 10.2. The summed E-state index contributed by atoms with van der Waals surface area (Å²) in [4.78, 5) is 6.87. The van der Waals surface area contributed by atoms with Crippen LogP contribution in [0.4, 0.5) is 10.2 Å². The first-order chi connectivity index (χ1) is 10.6. The molecule has 1 heterocycles. The summed E-state index contributed by atoms with van der Waals surface area (Å²) in [6.07, 6.45) is 2.01. The lowest BCUT2D eigenvalue weighted by molar-refractivity contribution is 0.353. The minimum absolute atomic E-state index is 0.484. The molecule has 0 bridgehead atoms. The van der Waals surface area contributed by atoms with Gasteiger partial charge in [0.05, 0.1) is 14.2 Å². The van der Waals surface area contributed by atoms with E-state index < -0.39 is 5.95 Å². The summed E-state index contributed by atoms with van der Waals surface area (Å²) >= 11 is 1.63. The van der Waals surface area contributed by atoms with E-state index in [1.165, 1.54) is 6.07 Å². The van der Waals surface area contributed by atoms with Gasteiger partial charge in [0.2, 0.25) is 5.95 Å². The second kappa shape index (κ2) is 7.35. The molecule has 1 aromatic carbocycles. The van der Waals surface area contributed by atoms with Crippen molar-refractivity contribution in [1.82, 2.24) is 4.98 Å². The molecule has 1 aromatic heterocycles. The topological polar surface area (TPSA) is 34.6 Å². The van der Waals surface area contributed by atoms with Crippen molar-refractivity contribution in [3.63, 3.8) is 0 Å². The number of benzene rings is 1. The highest BCUT2D eigenvalue weighted by atomic mass is 32.2.